The number of aryl methyl sites for hydroxylation is 1. The summed E-state index contributed by atoms with van der Waals surface area (Å²) >= 11 is 0. The monoisotopic (exact) mass is 420 g/mol. The first-order chi connectivity index (χ1) is 14.8. The van der Waals surface area contributed by atoms with E-state index in [1.54, 1.807) is 31.2 Å². The smallest absolute Gasteiger partial charge is 0.323 e. The lowest BCUT2D eigenvalue weighted by molar-refractivity contribution is -0.134. The van der Waals surface area contributed by atoms with Gasteiger partial charge >= 0.3 is 6.03 Å². The van der Waals surface area contributed by atoms with Crippen molar-refractivity contribution < 1.29 is 19.2 Å². The van der Waals surface area contributed by atoms with Crippen LogP contribution >= 0.6 is 0 Å². The average Bonchev–Trinajstić information content (AvgIpc) is 2.97. The summed E-state index contributed by atoms with van der Waals surface area (Å²) in [6.07, 6.45) is 1.95. The molecule has 8 heteroatoms. The first-order valence-electron chi connectivity index (χ1n) is 10.3. The van der Waals surface area contributed by atoms with E-state index in [1.807, 2.05) is 24.3 Å². The van der Waals surface area contributed by atoms with Gasteiger partial charge in [-0.2, -0.15) is 0 Å². The highest BCUT2D eigenvalue weighted by Crippen LogP contribution is 2.31. The molecule has 2 aromatic rings. The molecular formula is C23H24N4O4. The highest BCUT2D eigenvalue weighted by Gasteiger charge is 2.50. The zero-order valence-corrected chi connectivity index (χ0v) is 17.5. The Hall–Kier alpha value is -3.68. The van der Waals surface area contributed by atoms with Gasteiger partial charge in [-0.1, -0.05) is 49.7 Å². The number of imide groups is 1. The molecule has 2 aliphatic heterocycles. The molecule has 1 atom stereocenters. The van der Waals surface area contributed by atoms with E-state index in [4.69, 9.17) is 0 Å². The highest BCUT2D eigenvalue weighted by molar-refractivity contribution is 6.14. The van der Waals surface area contributed by atoms with Crippen LogP contribution in [0.1, 0.15) is 31.4 Å². The fourth-order valence-corrected chi connectivity index (χ4v) is 4.01. The molecular weight excluding hydrogens is 396 g/mol. The van der Waals surface area contributed by atoms with E-state index in [1.165, 1.54) is 4.90 Å². The third-order valence-corrected chi connectivity index (χ3v) is 5.71. The van der Waals surface area contributed by atoms with E-state index >= 15 is 0 Å². The van der Waals surface area contributed by atoms with Crippen molar-refractivity contribution in [2.24, 2.45) is 0 Å². The van der Waals surface area contributed by atoms with Gasteiger partial charge in [0, 0.05) is 0 Å². The summed E-state index contributed by atoms with van der Waals surface area (Å²) < 4.78 is 0. The predicted octanol–water partition coefficient (Wildman–Crippen LogP) is 2.39. The van der Waals surface area contributed by atoms with Crippen molar-refractivity contribution in [3.05, 3.63) is 59.7 Å². The Morgan fingerprint density at radius 3 is 2.48 bits per heavy atom. The molecule has 8 nitrogen and oxygen atoms in total. The predicted molar refractivity (Wildman–Crippen MR) is 115 cm³/mol. The molecule has 0 bridgehead atoms. The number of amides is 5. The number of nitrogens with one attached hydrogen (secondary N) is 2. The van der Waals surface area contributed by atoms with Gasteiger partial charge in [0.15, 0.2) is 0 Å². The van der Waals surface area contributed by atoms with Gasteiger partial charge in [-0.15, -0.1) is 0 Å². The molecule has 4 rings (SSSR count). The van der Waals surface area contributed by atoms with E-state index in [2.05, 4.69) is 17.6 Å². The molecule has 0 saturated carbocycles. The molecule has 2 aromatic carbocycles. The summed E-state index contributed by atoms with van der Waals surface area (Å²) in [5.41, 5.74) is 1.61. The van der Waals surface area contributed by atoms with Crippen LogP contribution in [0.25, 0.3) is 0 Å². The first-order valence-corrected chi connectivity index (χ1v) is 10.3. The lowest BCUT2D eigenvalue weighted by Gasteiger charge is -2.30. The molecule has 1 fully saturated rings. The fourth-order valence-electron chi connectivity index (χ4n) is 4.01. The summed E-state index contributed by atoms with van der Waals surface area (Å²) in [7, 11) is 0. The van der Waals surface area contributed by atoms with Crippen LogP contribution in [-0.2, 0) is 26.3 Å². The molecule has 0 unspecified atom stereocenters. The Bertz CT molecular complexity index is 1070. The molecule has 160 valence electrons. The van der Waals surface area contributed by atoms with Gasteiger partial charge in [-0.05, 0) is 36.6 Å². The van der Waals surface area contributed by atoms with Gasteiger partial charge in [0.25, 0.3) is 5.91 Å². The number of carbonyl (C=O) groups excluding carboxylic acids is 4. The van der Waals surface area contributed by atoms with E-state index in [9.17, 15) is 19.2 Å². The number of hydrogen-bond donors (Lipinski definition) is 2. The summed E-state index contributed by atoms with van der Waals surface area (Å²) in [6.45, 7) is 3.11. The maximum absolute atomic E-state index is 13.2. The standard InChI is InChI=1S/C23H24N4O4/c1-3-6-15-9-11-16(12-10-15)23(2)21(30)27(22(31)25-23)14-20(29)26-13-19(28)24-17-7-4-5-8-18(17)26/h4-5,7-12H,3,6,13-14H2,1-2H3,(H,24,28)(H,25,31)/t23-/m0/s1. The molecule has 0 spiro atoms. The van der Waals surface area contributed by atoms with Gasteiger partial charge in [-0.25, -0.2) is 4.79 Å². The molecule has 5 amide bonds. The number of anilines is 2. The molecule has 1 saturated heterocycles. The number of urea groups is 1. The third kappa shape index (κ3) is 3.65. The summed E-state index contributed by atoms with van der Waals surface area (Å²) in [6, 6.07) is 13.8. The largest absolute Gasteiger partial charge is 0.325 e. The van der Waals surface area contributed by atoms with E-state index in [-0.39, 0.29) is 12.5 Å². The van der Waals surface area contributed by atoms with Gasteiger partial charge in [-0.3, -0.25) is 24.2 Å². The Morgan fingerprint density at radius 2 is 1.77 bits per heavy atom. The lowest BCUT2D eigenvalue weighted by atomic mass is 9.91. The van der Waals surface area contributed by atoms with Crippen LogP contribution in [0, 0.1) is 0 Å². The molecule has 0 aromatic heterocycles. The van der Waals surface area contributed by atoms with Crippen molar-refractivity contribution in [2.45, 2.75) is 32.2 Å². The molecule has 2 heterocycles. The topological polar surface area (TPSA) is 98.8 Å². The minimum Gasteiger partial charge on any atom is -0.323 e. The first kappa shape index (κ1) is 20.6. The van der Waals surface area contributed by atoms with Crippen LogP contribution in [0.5, 0.6) is 0 Å². The molecule has 0 radical (unpaired) electrons. The van der Waals surface area contributed by atoms with Crippen LogP contribution in [0.3, 0.4) is 0 Å². The molecule has 2 aliphatic rings. The zero-order valence-electron chi connectivity index (χ0n) is 17.5. The summed E-state index contributed by atoms with van der Waals surface area (Å²) in [5.74, 6) is -1.33. The number of nitrogens with zero attached hydrogens (tertiary/aromatic N) is 2. The molecule has 31 heavy (non-hydrogen) atoms. The van der Waals surface area contributed by atoms with Crippen molar-refractivity contribution in [3.63, 3.8) is 0 Å². The number of fused-ring (bicyclic) bond motifs is 1. The highest BCUT2D eigenvalue weighted by atomic mass is 16.2. The van der Waals surface area contributed by atoms with Gasteiger partial charge < -0.3 is 10.6 Å². The normalized spacial score (nSPS) is 20.4. The van der Waals surface area contributed by atoms with Gasteiger partial charge in [0.2, 0.25) is 11.8 Å². The third-order valence-electron chi connectivity index (χ3n) is 5.71. The quantitative estimate of drug-likeness (QED) is 0.726. The number of rotatable bonds is 5. The van der Waals surface area contributed by atoms with Crippen LogP contribution in [0.2, 0.25) is 0 Å². The Balaban J connectivity index is 1.54. The van der Waals surface area contributed by atoms with E-state index in [0.29, 0.717) is 16.9 Å². The average molecular weight is 420 g/mol. The second-order valence-electron chi connectivity index (χ2n) is 7.94. The van der Waals surface area contributed by atoms with Crippen molar-refractivity contribution in [3.8, 4) is 0 Å². The second kappa shape index (κ2) is 7.86. The maximum Gasteiger partial charge on any atom is 0.325 e. The van der Waals surface area contributed by atoms with Gasteiger partial charge in [0.05, 0.1) is 11.4 Å². The van der Waals surface area contributed by atoms with Crippen molar-refractivity contribution in [1.29, 1.82) is 0 Å². The SMILES string of the molecule is CCCc1ccc([C@]2(C)NC(=O)N(CC(=O)N3CC(=O)Nc4ccccc43)C2=O)cc1. The maximum atomic E-state index is 13.2. The lowest BCUT2D eigenvalue weighted by Crippen LogP contribution is -2.48. The number of carbonyl (C=O) groups is 4. The number of para-hydroxylation sites is 2. The Morgan fingerprint density at radius 1 is 1.06 bits per heavy atom. The number of hydrogen-bond acceptors (Lipinski definition) is 4. The minimum atomic E-state index is -1.25. The minimum absolute atomic E-state index is 0.171. The van der Waals surface area contributed by atoms with Crippen molar-refractivity contribution in [2.75, 3.05) is 23.3 Å². The molecule has 0 aliphatic carbocycles. The summed E-state index contributed by atoms with van der Waals surface area (Å²) in [4.78, 5) is 53.0. The number of benzene rings is 2. The Kier molecular flexibility index (Phi) is 5.22. The fraction of sp³-hybridized carbons (Fsp3) is 0.304. The summed E-state index contributed by atoms with van der Waals surface area (Å²) in [5, 5.41) is 5.43. The van der Waals surface area contributed by atoms with Crippen LogP contribution in [-0.4, -0.2) is 41.7 Å². The van der Waals surface area contributed by atoms with E-state index in [0.717, 1.165) is 23.3 Å². The molecule has 2 N–H and O–H groups in total. The van der Waals surface area contributed by atoms with Crippen LogP contribution in [0.15, 0.2) is 48.5 Å². The van der Waals surface area contributed by atoms with Crippen molar-refractivity contribution >= 4 is 35.1 Å². The zero-order chi connectivity index (χ0) is 22.2. The van der Waals surface area contributed by atoms with E-state index < -0.39 is 29.9 Å². The van der Waals surface area contributed by atoms with Gasteiger partial charge in [0.1, 0.15) is 18.6 Å². The van der Waals surface area contributed by atoms with Crippen molar-refractivity contribution in [1.82, 2.24) is 10.2 Å². The Labute approximate surface area is 180 Å². The van der Waals surface area contributed by atoms with Crippen LogP contribution in [0.4, 0.5) is 16.2 Å². The second-order valence-corrected chi connectivity index (χ2v) is 7.94. The van der Waals surface area contributed by atoms with Crippen LogP contribution < -0.4 is 15.5 Å².